The Labute approximate surface area is 112 Å². The molecule has 0 fully saturated rings. The minimum atomic E-state index is -2.17. The molecule has 3 nitrogen and oxygen atoms in total. The van der Waals surface area contributed by atoms with Crippen LogP contribution >= 0.6 is 0 Å². The molecule has 0 bridgehead atoms. The zero-order valence-electron chi connectivity index (χ0n) is 7.21. The molecule has 14 heavy (non-hydrogen) atoms. The van der Waals surface area contributed by atoms with Crippen molar-refractivity contribution in [2.75, 3.05) is 0 Å². The molecule has 0 amide bonds. The van der Waals surface area contributed by atoms with E-state index in [9.17, 15) is 13.2 Å². The average molecular weight is 232 g/mol. The number of hydrogen-bond acceptors (Lipinski definition) is 3. The van der Waals surface area contributed by atoms with E-state index in [1.165, 1.54) is 0 Å². The molecular weight excluding hydrogens is 227 g/mol. The van der Waals surface area contributed by atoms with Gasteiger partial charge in [0, 0.05) is 0 Å². The van der Waals surface area contributed by atoms with E-state index in [1.54, 1.807) is 0 Å². The summed E-state index contributed by atoms with van der Waals surface area (Å²) in [6, 6.07) is 2.05. The molecule has 1 rings (SSSR count). The monoisotopic (exact) mass is 232 g/mol. The van der Waals surface area contributed by atoms with Crippen molar-refractivity contribution >= 4 is 55.9 Å². The van der Waals surface area contributed by atoms with Crippen molar-refractivity contribution in [3.8, 4) is 0 Å². The molecule has 0 spiro atoms. The standard InChI is InChI=1S/C6H2F3.BH3O3.K/c7-4-2-1-3-5(8)6(4)9;2-1(3)4;/h2-3H;2-4H;. The first-order valence-corrected chi connectivity index (χ1v) is 5.06. The van der Waals surface area contributed by atoms with Gasteiger partial charge in [-0.15, -0.1) is 0 Å². The molecular formula is C6H5BF3KO3. The van der Waals surface area contributed by atoms with Crippen molar-refractivity contribution in [3.63, 3.8) is 0 Å². The molecule has 3 N–H and O–H groups in total. The van der Waals surface area contributed by atoms with E-state index in [0.717, 1.165) is 12.1 Å². The topological polar surface area (TPSA) is 60.7 Å². The van der Waals surface area contributed by atoms with Crippen molar-refractivity contribution < 1.29 is 28.2 Å². The van der Waals surface area contributed by atoms with E-state index in [2.05, 4.69) is 0 Å². The largest absolute Gasteiger partial charge is 0.631 e. The quantitative estimate of drug-likeness (QED) is 0.391. The third-order valence-electron chi connectivity index (χ3n) is 1.13. The first-order valence-electron chi connectivity index (χ1n) is 3.50. The van der Waals surface area contributed by atoms with Crippen molar-refractivity contribution in [2.24, 2.45) is 0 Å². The predicted octanol–water partition coefficient (Wildman–Crippen LogP) is -1.15. The molecule has 0 saturated heterocycles. The maximum atomic E-state index is 12.3. The number of hydrogen-bond donors (Lipinski definition) is 3. The molecule has 0 unspecified atom stereocenters. The molecule has 1 aromatic rings. The van der Waals surface area contributed by atoms with Crippen LogP contribution in [-0.2, 0) is 0 Å². The molecule has 72 valence electrons. The molecule has 0 atom stereocenters. The van der Waals surface area contributed by atoms with Gasteiger partial charge in [0.25, 0.3) is 0 Å². The van der Waals surface area contributed by atoms with Gasteiger partial charge in [0.15, 0.2) is 0 Å². The number of rotatable bonds is 0. The van der Waals surface area contributed by atoms with Crippen molar-refractivity contribution in [2.45, 2.75) is 0 Å². The van der Waals surface area contributed by atoms with Crippen molar-refractivity contribution in [1.82, 2.24) is 0 Å². The van der Waals surface area contributed by atoms with Gasteiger partial charge >= 0.3 is 98.7 Å². The molecule has 8 heteroatoms. The summed E-state index contributed by atoms with van der Waals surface area (Å²) in [5.74, 6) is -3.57. The van der Waals surface area contributed by atoms with Crippen LogP contribution < -0.4 is -0.342 Å². The maximum Gasteiger partial charge on any atom is 0.631 e. The summed E-state index contributed by atoms with van der Waals surface area (Å²) in [7, 11) is -2.17. The van der Waals surface area contributed by atoms with Gasteiger partial charge < -0.3 is 15.1 Å². The predicted molar refractivity (Wildman–Crippen MR) is 44.1 cm³/mol. The average Bonchev–Trinajstić information content (AvgIpc) is 1.98. The van der Waals surface area contributed by atoms with Crippen LogP contribution in [0, 0.1) is 17.5 Å². The van der Waals surface area contributed by atoms with Crippen LogP contribution in [0.4, 0.5) is 13.2 Å². The Balaban J connectivity index is 0.000000364. The van der Waals surface area contributed by atoms with E-state index in [4.69, 9.17) is 15.1 Å². The Bertz CT molecular complexity index is 285. The molecule has 0 aliphatic carbocycles. The molecule has 0 aromatic heterocycles. The zero-order chi connectivity index (χ0) is 11.3. The first kappa shape index (κ1) is 14.6. The Morgan fingerprint density at radius 2 is 1.29 bits per heavy atom. The van der Waals surface area contributed by atoms with Crippen LogP contribution in [-0.4, -0.2) is 71.3 Å². The second-order valence-corrected chi connectivity index (χ2v) is 4.19. The first-order chi connectivity index (χ1) is 6.34. The number of benzene rings is 1. The summed E-state index contributed by atoms with van der Waals surface area (Å²) >= 11 is 0.183. The summed E-state index contributed by atoms with van der Waals surface area (Å²) in [6.45, 7) is 0. The van der Waals surface area contributed by atoms with Crippen molar-refractivity contribution in [3.05, 3.63) is 29.6 Å². The minimum Gasteiger partial charge on any atom is -0.402 e. The van der Waals surface area contributed by atoms with Gasteiger partial charge in [-0.05, 0) is 0 Å². The molecule has 0 heterocycles. The minimum absolute atomic E-state index is 0.183. The van der Waals surface area contributed by atoms with Gasteiger partial charge in [0.05, 0.1) is 0 Å². The van der Waals surface area contributed by atoms with Crippen molar-refractivity contribution in [1.29, 1.82) is 0 Å². The van der Waals surface area contributed by atoms with Gasteiger partial charge in [-0.3, -0.25) is 0 Å². The van der Waals surface area contributed by atoms with Crippen LogP contribution in [0.5, 0.6) is 0 Å². The Morgan fingerprint density at radius 1 is 1.00 bits per heavy atom. The van der Waals surface area contributed by atoms with Gasteiger partial charge in [0.2, 0.25) is 0 Å². The van der Waals surface area contributed by atoms with Gasteiger partial charge in [-0.1, -0.05) is 0 Å². The van der Waals surface area contributed by atoms with E-state index < -0.39 is 24.8 Å². The summed E-state index contributed by atoms with van der Waals surface area (Å²) in [4.78, 5) is 0. The zero-order valence-corrected chi connectivity index (χ0v) is 10.3. The Hall–Kier alpha value is 0.591. The van der Waals surface area contributed by atoms with Gasteiger partial charge in [-0.2, -0.15) is 0 Å². The summed E-state index contributed by atoms with van der Waals surface area (Å²) in [5, 5.41) is 21.5. The Kier molecular flexibility index (Phi) is 7.26. The molecule has 0 aliphatic heterocycles. The second-order valence-electron chi connectivity index (χ2n) is 2.39. The van der Waals surface area contributed by atoms with Gasteiger partial charge in [-0.25, -0.2) is 0 Å². The fourth-order valence-electron chi connectivity index (χ4n) is 0.682. The van der Waals surface area contributed by atoms with Gasteiger partial charge in [0.1, 0.15) is 0 Å². The number of halogens is 3. The van der Waals surface area contributed by atoms with E-state index >= 15 is 0 Å². The van der Waals surface area contributed by atoms with Crippen LogP contribution in [0.25, 0.3) is 0 Å². The van der Waals surface area contributed by atoms with E-state index in [0.29, 0.717) is -0.342 Å². The SMILES string of the molecule is Fc1c[c]([K])cc(F)c1F.OB(O)O. The normalized spacial score (nSPS) is 9.14. The molecule has 0 saturated carbocycles. The van der Waals surface area contributed by atoms with E-state index in [1.807, 2.05) is 0 Å². The van der Waals surface area contributed by atoms with Crippen LogP contribution in [0.15, 0.2) is 12.1 Å². The third kappa shape index (κ3) is 6.15. The summed E-state index contributed by atoms with van der Waals surface area (Å²) in [6.07, 6.45) is 0. The third-order valence-corrected chi connectivity index (χ3v) is 2.03. The Morgan fingerprint density at radius 3 is 1.57 bits per heavy atom. The fraction of sp³-hybridized carbons (Fsp3) is 0. The fourth-order valence-corrected chi connectivity index (χ4v) is 1.47. The second kappa shape index (κ2) is 6.96. The van der Waals surface area contributed by atoms with Crippen LogP contribution in [0.3, 0.4) is 0 Å². The molecule has 1 aromatic carbocycles. The maximum absolute atomic E-state index is 12.3. The summed E-state index contributed by atoms with van der Waals surface area (Å²) < 4.78 is 37.3. The van der Waals surface area contributed by atoms with Crippen LogP contribution in [0.1, 0.15) is 0 Å². The summed E-state index contributed by atoms with van der Waals surface area (Å²) in [5.41, 5.74) is 0. The molecule has 0 radical (unpaired) electrons. The molecule has 0 aliphatic rings. The smallest absolute Gasteiger partial charge is 0.402 e. The van der Waals surface area contributed by atoms with E-state index in [-0.39, 0.29) is 49.0 Å². The van der Waals surface area contributed by atoms with Crippen LogP contribution in [0.2, 0.25) is 0 Å².